The summed E-state index contributed by atoms with van der Waals surface area (Å²) in [5.74, 6) is -0.271. The van der Waals surface area contributed by atoms with Crippen molar-refractivity contribution in [1.29, 1.82) is 0 Å². The van der Waals surface area contributed by atoms with Crippen LogP contribution < -0.4 is 5.73 Å². The van der Waals surface area contributed by atoms with Crippen molar-refractivity contribution in [2.24, 2.45) is 5.73 Å². The number of nitrogens with zero attached hydrogens (tertiary/aromatic N) is 2. The minimum absolute atomic E-state index is 0.271. The van der Waals surface area contributed by atoms with Crippen LogP contribution in [0.2, 0.25) is 0 Å². The van der Waals surface area contributed by atoms with E-state index >= 15 is 0 Å². The van der Waals surface area contributed by atoms with Gasteiger partial charge in [0.2, 0.25) is 0 Å². The normalized spacial score (nSPS) is 12.9. The molecule has 0 amide bonds. The van der Waals surface area contributed by atoms with Crippen molar-refractivity contribution in [3.05, 3.63) is 120 Å². The third kappa shape index (κ3) is 4.77. The Kier molecular flexibility index (Phi) is 6.64. The van der Waals surface area contributed by atoms with Crippen molar-refractivity contribution in [3.8, 4) is 11.4 Å². The molecular weight excluding hydrogens is 437 g/mol. The summed E-state index contributed by atoms with van der Waals surface area (Å²) in [6, 6.07) is 9.10. The fourth-order valence-corrected chi connectivity index (χ4v) is 4.16. The summed E-state index contributed by atoms with van der Waals surface area (Å²) < 4.78 is 14.2. The van der Waals surface area contributed by atoms with E-state index in [4.69, 9.17) is 5.73 Å². The van der Waals surface area contributed by atoms with Gasteiger partial charge < -0.3 is 10.7 Å². The van der Waals surface area contributed by atoms with Gasteiger partial charge in [-0.2, -0.15) is 5.10 Å². The Morgan fingerprint density at radius 1 is 1.09 bits per heavy atom. The summed E-state index contributed by atoms with van der Waals surface area (Å²) in [7, 11) is 0. The standard InChI is InChI=1S/C29H28FN5/c1-6-9-24(20-10-17(4)11-22(30)12-20)25-15-27(33-18(25)5)28-26-14-21(16-32-29(26)35-34-28)19(7-2)13-23(31)8-3/h6-16,33H,1,3,31H2,2,4-5H3,(H,32,34,35)/b19-7+,23-13+,24-9-. The number of hydrogen-bond acceptors (Lipinski definition) is 3. The van der Waals surface area contributed by atoms with Crippen molar-refractivity contribution in [2.75, 3.05) is 0 Å². The number of rotatable bonds is 7. The lowest BCUT2D eigenvalue weighted by Crippen LogP contribution is -1.94. The summed E-state index contributed by atoms with van der Waals surface area (Å²) in [5.41, 5.74) is 15.1. The van der Waals surface area contributed by atoms with Crippen molar-refractivity contribution in [1.82, 2.24) is 20.2 Å². The lowest BCUT2D eigenvalue weighted by Gasteiger charge is -2.09. The molecule has 0 fully saturated rings. The van der Waals surface area contributed by atoms with Gasteiger partial charge in [-0.25, -0.2) is 9.37 Å². The van der Waals surface area contributed by atoms with Crippen LogP contribution in [-0.2, 0) is 0 Å². The number of nitrogens with two attached hydrogens (primary N) is 1. The number of allylic oxidation sites excluding steroid dienone is 6. The predicted octanol–water partition coefficient (Wildman–Crippen LogP) is 6.76. The van der Waals surface area contributed by atoms with E-state index < -0.39 is 0 Å². The van der Waals surface area contributed by atoms with E-state index in [1.165, 1.54) is 12.1 Å². The van der Waals surface area contributed by atoms with E-state index in [-0.39, 0.29) is 5.82 Å². The van der Waals surface area contributed by atoms with Gasteiger partial charge in [0.25, 0.3) is 0 Å². The van der Waals surface area contributed by atoms with E-state index in [1.54, 1.807) is 18.3 Å². The molecule has 6 heteroatoms. The maximum absolute atomic E-state index is 14.2. The van der Waals surface area contributed by atoms with Gasteiger partial charge in [0, 0.05) is 34.1 Å². The maximum atomic E-state index is 14.2. The smallest absolute Gasteiger partial charge is 0.181 e. The number of aromatic amines is 2. The van der Waals surface area contributed by atoms with Gasteiger partial charge in [0.05, 0.1) is 11.4 Å². The van der Waals surface area contributed by atoms with Crippen LogP contribution in [0.4, 0.5) is 4.39 Å². The minimum Gasteiger partial charge on any atom is -0.399 e. The predicted molar refractivity (Wildman–Crippen MR) is 143 cm³/mol. The molecule has 0 radical (unpaired) electrons. The third-order valence-electron chi connectivity index (χ3n) is 5.82. The van der Waals surface area contributed by atoms with E-state index in [9.17, 15) is 4.39 Å². The average Bonchev–Trinajstić information content (AvgIpc) is 3.42. The number of benzene rings is 1. The van der Waals surface area contributed by atoms with Gasteiger partial charge >= 0.3 is 0 Å². The van der Waals surface area contributed by atoms with Gasteiger partial charge in [0.15, 0.2) is 5.65 Å². The van der Waals surface area contributed by atoms with Crippen LogP contribution in [0.3, 0.4) is 0 Å². The van der Waals surface area contributed by atoms with Crippen molar-refractivity contribution in [2.45, 2.75) is 20.8 Å². The molecule has 0 aliphatic carbocycles. The summed E-state index contributed by atoms with van der Waals surface area (Å²) in [4.78, 5) is 7.98. The fourth-order valence-electron chi connectivity index (χ4n) is 4.16. The summed E-state index contributed by atoms with van der Waals surface area (Å²) in [6.07, 6.45) is 10.8. The van der Waals surface area contributed by atoms with Crippen molar-refractivity contribution in [3.63, 3.8) is 0 Å². The summed E-state index contributed by atoms with van der Waals surface area (Å²) in [5, 5.41) is 8.38. The first-order chi connectivity index (χ1) is 16.8. The third-order valence-corrected chi connectivity index (χ3v) is 5.82. The summed E-state index contributed by atoms with van der Waals surface area (Å²) >= 11 is 0. The van der Waals surface area contributed by atoms with Crippen LogP contribution in [-0.4, -0.2) is 20.2 Å². The second-order valence-corrected chi connectivity index (χ2v) is 8.34. The molecule has 4 aromatic rings. The number of nitrogens with one attached hydrogen (secondary N) is 2. The molecule has 1 aromatic carbocycles. The van der Waals surface area contributed by atoms with Crippen LogP contribution in [0, 0.1) is 19.7 Å². The van der Waals surface area contributed by atoms with E-state index in [0.29, 0.717) is 11.3 Å². The molecule has 5 nitrogen and oxygen atoms in total. The zero-order valence-electron chi connectivity index (χ0n) is 20.1. The topological polar surface area (TPSA) is 83.4 Å². The van der Waals surface area contributed by atoms with Gasteiger partial charge in [-0.3, -0.25) is 5.10 Å². The Morgan fingerprint density at radius 2 is 1.89 bits per heavy atom. The van der Waals surface area contributed by atoms with Crippen molar-refractivity contribution < 1.29 is 4.39 Å². The van der Waals surface area contributed by atoms with E-state index in [0.717, 1.165) is 55.9 Å². The highest BCUT2D eigenvalue weighted by molar-refractivity contribution is 5.94. The lowest BCUT2D eigenvalue weighted by atomic mass is 9.96. The monoisotopic (exact) mass is 465 g/mol. The Labute approximate surface area is 204 Å². The molecule has 3 aromatic heterocycles. The molecule has 0 aliphatic heterocycles. The number of H-pyrrole nitrogens is 2. The number of halogens is 1. The Hall–Kier alpha value is -4.45. The Morgan fingerprint density at radius 3 is 2.57 bits per heavy atom. The van der Waals surface area contributed by atoms with Crippen LogP contribution in [0.25, 0.3) is 33.6 Å². The molecular formula is C29H28FN5. The largest absolute Gasteiger partial charge is 0.399 e. The Bertz CT molecular complexity index is 1510. The molecule has 176 valence electrons. The maximum Gasteiger partial charge on any atom is 0.181 e. The molecule has 3 heterocycles. The first-order valence-corrected chi connectivity index (χ1v) is 11.3. The van der Waals surface area contributed by atoms with Gasteiger partial charge in [-0.05, 0) is 79.5 Å². The Balaban J connectivity index is 1.82. The number of fused-ring (bicyclic) bond motifs is 1. The van der Waals surface area contributed by atoms with Crippen LogP contribution in [0.1, 0.15) is 34.9 Å². The zero-order chi connectivity index (χ0) is 25.1. The molecule has 4 N–H and O–H groups in total. The number of aryl methyl sites for hydroxylation is 2. The SMILES string of the molecule is C=C/C=C(/c1cc(C)cc(F)c1)c1cc(-c2[nH]nc3ncc(C(/C=C(/N)C=C)=C/C)cc23)[nH]c1C. The van der Waals surface area contributed by atoms with Gasteiger partial charge in [0.1, 0.15) is 5.82 Å². The number of hydrogen-bond donors (Lipinski definition) is 3. The van der Waals surface area contributed by atoms with Crippen LogP contribution in [0.15, 0.2) is 85.8 Å². The second-order valence-electron chi connectivity index (χ2n) is 8.34. The van der Waals surface area contributed by atoms with Gasteiger partial charge in [-0.15, -0.1) is 0 Å². The highest BCUT2D eigenvalue weighted by atomic mass is 19.1. The molecule has 0 spiro atoms. The quantitative estimate of drug-likeness (QED) is 0.264. The van der Waals surface area contributed by atoms with Crippen molar-refractivity contribution >= 4 is 22.2 Å². The van der Waals surface area contributed by atoms with Crippen LogP contribution >= 0.6 is 0 Å². The van der Waals surface area contributed by atoms with E-state index in [1.807, 2.05) is 57.2 Å². The highest BCUT2D eigenvalue weighted by Gasteiger charge is 2.17. The fraction of sp³-hybridized carbons (Fsp3) is 0.103. The summed E-state index contributed by atoms with van der Waals surface area (Å²) in [6.45, 7) is 13.4. The number of aromatic nitrogens is 4. The minimum atomic E-state index is -0.271. The van der Waals surface area contributed by atoms with E-state index in [2.05, 4.69) is 33.3 Å². The molecule has 0 bridgehead atoms. The zero-order valence-corrected chi connectivity index (χ0v) is 20.1. The molecule has 4 rings (SSSR count). The lowest BCUT2D eigenvalue weighted by molar-refractivity contribution is 0.626. The second kappa shape index (κ2) is 9.81. The molecule has 0 saturated carbocycles. The average molecular weight is 466 g/mol. The molecule has 0 saturated heterocycles. The number of pyridine rings is 1. The molecule has 0 atom stereocenters. The molecule has 0 aliphatic rings. The highest BCUT2D eigenvalue weighted by Crippen LogP contribution is 2.34. The first kappa shape index (κ1) is 23.7. The van der Waals surface area contributed by atoms with Crippen LogP contribution in [0.5, 0.6) is 0 Å². The molecule has 35 heavy (non-hydrogen) atoms. The molecule has 0 unspecified atom stereocenters. The van der Waals surface area contributed by atoms with Gasteiger partial charge in [-0.1, -0.05) is 37.5 Å². The first-order valence-electron chi connectivity index (χ1n) is 11.3.